The van der Waals surface area contributed by atoms with Crippen LogP contribution in [0.5, 0.6) is 0 Å². The maximum Gasteiger partial charge on any atom is 0.254 e. The zero-order valence-electron chi connectivity index (χ0n) is 12.8. The highest BCUT2D eigenvalue weighted by molar-refractivity contribution is 5.96. The van der Waals surface area contributed by atoms with Gasteiger partial charge in [-0.25, -0.2) is 4.39 Å². The van der Waals surface area contributed by atoms with E-state index in [9.17, 15) is 9.18 Å². The fourth-order valence-electron chi connectivity index (χ4n) is 3.20. The summed E-state index contributed by atoms with van der Waals surface area (Å²) in [5.74, 6) is -0.196. The van der Waals surface area contributed by atoms with Gasteiger partial charge in [0.25, 0.3) is 5.91 Å². The molecular formula is C19H20FNO. The minimum atomic E-state index is -0.244. The number of halogens is 1. The van der Waals surface area contributed by atoms with Gasteiger partial charge in [-0.2, -0.15) is 0 Å². The van der Waals surface area contributed by atoms with E-state index >= 15 is 0 Å². The molecule has 2 aromatic rings. The van der Waals surface area contributed by atoms with Gasteiger partial charge in [0.05, 0.1) is 6.04 Å². The number of likely N-dealkylation sites (tertiary alicyclic amines) is 1. The van der Waals surface area contributed by atoms with Crippen molar-refractivity contribution in [2.45, 2.75) is 32.2 Å². The van der Waals surface area contributed by atoms with Crippen molar-refractivity contribution in [1.29, 1.82) is 0 Å². The fraction of sp³-hybridized carbons (Fsp3) is 0.316. The molecule has 0 aliphatic carbocycles. The van der Waals surface area contributed by atoms with E-state index < -0.39 is 0 Å². The molecule has 0 N–H and O–H groups in total. The summed E-state index contributed by atoms with van der Waals surface area (Å²) in [6, 6.07) is 14.2. The zero-order valence-corrected chi connectivity index (χ0v) is 12.8. The van der Waals surface area contributed by atoms with E-state index in [0.717, 1.165) is 42.5 Å². The normalized spacial score (nSPS) is 18.3. The maximum absolute atomic E-state index is 13.5. The van der Waals surface area contributed by atoms with E-state index in [1.807, 2.05) is 42.2 Å². The number of benzene rings is 2. The predicted octanol–water partition coefficient (Wildman–Crippen LogP) is 4.50. The number of amides is 1. The third-order valence-electron chi connectivity index (χ3n) is 4.37. The Kier molecular flexibility index (Phi) is 4.23. The van der Waals surface area contributed by atoms with Crippen LogP contribution in [0.2, 0.25) is 0 Å². The van der Waals surface area contributed by atoms with Crippen LogP contribution in [0, 0.1) is 12.7 Å². The molecule has 114 valence electrons. The van der Waals surface area contributed by atoms with Gasteiger partial charge >= 0.3 is 0 Å². The first-order valence-corrected chi connectivity index (χ1v) is 7.79. The Morgan fingerprint density at radius 2 is 1.95 bits per heavy atom. The summed E-state index contributed by atoms with van der Waals surface area (Å²) in [4.78, 5) is 14.8. The second-order valence-corrected chi connectivity index (χ2v) is 5.88. The molecule has 2 aromatic carbocycles. The van der Waals surface area contributed by atoms with Gasteiger partial charge in [0.15, 0.2) is 0 Å². The second kappa shape index (κ2) is 6.30. The summed E-state index contributed by atoms with van der Waals surface area (Å²) < 4.78 is 13.5. The standard InChI is InChI=1S/C19H20FNO/c1-14-7-2-3-10-17(14)19(22)21-12-5-4-11-18(21)15-8-6-9-16(20)13-15/h2-3,6-10,13,18H,4-5,11-12H2,1H3/t18-/m1/s1. The molecule has 1 amide bonds. The average molecular weight is 297 g/mol. The molecule has 1 atom stereocenters. The molecule has 0 radical (unpaired) electrons. The molecule has 0 saturated carbocycles. The molecule has 1 aliphatic heterocycles. The Balaban J connectivity index is 1.93. The Morgan fingerprint density at radius 3 is 2.73 bits per heavy atom. The predicted molar refractivity (Wildman–Crippen MR) is 85.2 cm³/mol. The van der Waals surface area contributed by atoms with Gasteiger partial charge in [0.1, 0.15) is 5.82 Å². The van der Waals surface area contributed by atoms with E-state index in [1.165, 1.54) is 6.07 Å². The number of hydrogen-bond donors (Lipinski definition) is 0. The summed E-state index contributed by atoms with van der Waals surface area (Å²) in [6.07, 6.45) is 2.96. The molecule has 0 spiro atoms. The van der Waals surface area contributed by atoms with Crippen molar-refractivity contribution in [3.63, 3.8) is 0 Å². The quantitative estimate of drug-likeness (QED) is 0.799. The Morgan fingerprint density at radius 1 is 1.14 bits per heavy atom. The van der Waals surface area contributed by atoms with Crippen molar-refractivity contribution in [2.75, 3.05) is 6.54 Å². The van der Waals surface area contributed by atoms with E-state index in [4.69, 9.17) is 0 Å². The average Bonchev–Trinajstić information content (AvgIpc) is 2.55. The molecule has 0 aromatic heterocycles. The summed E-state index contributed by atoms with van der Waals surface area (Å²) in [7, 11) is 0. The number of rotatable bonds is 2. The van der Waals surface area contributed by atoms with Crippen LogP contribution >= 0.6 is 0 Å². The van der Waals surface area contributed by atoms with E-state index in [1.54, 1.807) is 12.1 Å². The molecule has 22 heavy (non-hydrogen) atoms. The van der Waals surface area contributed by atoms with Crippen LogP contribution in [0.1, 0.15) is 46.8 Å². The second-order valence-electron chi connectivity index (χ2n) is 5.88. The largest absolute Gasteiger partial charge is 0.332 e. The number of nitrogens with zero attached hydrogens (tertiary/aromatic N) is 1. The Hall–Kier alpha value is -2.16. The molecule has 3 heteroatoms. The molecule has 1 fully saturated rings. The SMILES string of the molecule is Cc1ccccc1C(=O)N1CCCC[C@@H]1c1cccc(F)c1. The number of hydrogen-bond acceptors (Lipinski definition) is 1. The van der Waals surface area contributed by atoms with Crippen molar-refractivity contribution >= 4 is 5.91 Å². The fourth-order valence-corrected chi connectivity index (χ4v) is 3.20. The van der Waals surface area contributed by atoms with Crippen molar-refractivity contribution in [2.24, 2.45) is 0 Å². The highest BCUT2D eigenvalue weighted by Gasteiger charge is 2.29. The first-order valence-electron chi connectivity index (χ1n) is 7.79. The molecule has 3 rings (SSSR count). The zero-order chi connectivity index (χ0) is 15.5. The monoisotopic (exact) mass is 297 g/mol. The molecular weight excluding hydrogens is 277 g/mol. The van der Waals surface area contributed by atoms with Crippen molar-refractivity contribution in [1.82, 2.24) is 4.90 Å². The van der Waals surface area contributed by atoms with Crippen LogP contribution in [0.25, 0.3) is 0 Å². The van der Waals surface area contributed by atoms with Crippen LogP contribution in [0.15, 0.2) is 48.5 Å². The molecule has 1 heterocycles. The molecule has 1 aliphatic rings. The topological polar surface area (TPSA) is 20.3 Å². The van der Waals surface area contributed by atoms with Crippen molar-refractivity contribution in [3.05, 3.63) is 71.0 Å². The van der Waals surface area contributed by atoms with Gasteiger partial charge in [0.2, 0.25) is 0 Å². The third-order valence-corrected chi connectivity index (χ3v) is 4.37. The third kappa shape index (κ3) is 2.89. The molecule has 0 bridgehead atoms. The minimum Gasteiger partial charge on any atom is -0.332 e. The van der Waals surface area contributed by atoms with Gasteiger partial charge in [-0.3, -0.25) is 4.79 Å². The van der Waals surface area contributed by atoms with Crippen LogP contribution < -0.4 is 0 Å². The lowest BCUT2D eigenvalue weighted by atomic mass is 9.94. The lowest BCUT2D eigenvalue weighted by Crippen LogP contribution is -2.38. The van der Waals surface area contributed by atoms with Crippen LogP contribution in [0.3, 0.4) is 0 Å². The lowest BCUT2D eigenvalue weighted by molar-refractivity contribution is 0.0610. The van der Waals surface area contributed by atoms with Gasteiger partial charge in [-0.15, -0.1) is 0 Å². The van der Waals surface area contributed by atoms with Crippen LogP contribution in [0.4, 0.5) is 4.39 Å². The summed E-state index contributed by atoms with van der Waals surface area (Å²) in [5, 5.41) is 0. The molecule has 1 saturated heterocycles. The van der Waals surface area contributed by atoms with Crippen LogP contribution in [-0.2, 0) is 0 Å². The number of carbonyl (C=O) groups is 1. The Labute approximate surface area is 130 Å². The summed E-state index contributed by atoms with van der Waals surface area (Å²) in [5.41, 5.74) is 2.61. The number of piperidine rings is 1. The van der Waals surface area contributed by atoms with Crippen molar-refractivity contribution in [3.8, 4) is 0 Å². The summed E-state index contributed by atoms with van der Waals surface area (Å²) in [6.45, 7) is 2.68. The van der Waals surface area contributed by atoms with Gasteiger partial charge in [0, 0.05) is 12.1 Å². The minimum absolute atomic E-state index is 0.0310. The van der Waals surface area contributed by atoms with Crippen LogP contribution in [-0.4, -0.2) is 17.4 Å². The van der Waals surface area contributed by atoms with Gasteiger partial charge < -0.3 is 4.90 Å². The van der Waals surface area contributed by atoms with E-state index in [-0.39, 0.29) is 17.8 Å². The first kappa shape index (κ1) is 14.8. The Bertz CT molecular complexity index is 683. The highest BCUT2D eigenvalue weighted by atomic mass is 19.1. The number of aryl methyl sites for hydroxylation is 1. The lowest BCUT2D eigenvalue weighted by Gasteiger charge is -2.36. The van der Waals surface area contributed by atoms with Crippen molar-refractivity contribution < 1.29 is 9.18 Å². The molecule has 0 unspecified atom stereocenters. The van der Waals surface area contributed by atoms with E-state index in [2.05, 4.69) is 0 Å². The summed E-state index contributed by atoms with van der Waals surface area (Å²) >= 11 is 0. The molecule has 2 nitrogen and oxygen atoms in total. The number of carbonyl (C=O) groups excluding carboxylic acids is 1. The van der Waals surface area contributed by atoms with Gasteiger partial charge in [-0.05, 0) is 55.5 Å². The van der Waals surface area contributed by atoms with E-state index in [0.29, 0.717) is 0 Å². The first-order chi connectivity index (χ1) is 10.7. The maximum atomic E-state index is 13.5. The highest BCUT2D eigenvalue weighted by Crippen LogP contribution is 2.32. The smallest absolute Gasteiger partial charge is 0.254 e. The van der Waals surface area contributed by atoms with Gasteiger partial charge in [-0.1, -0.05) is 30.3 Å².